The Labute approximate surface area is 125 Å². The number of alkyl carbamates (subject to hydrolysis) is 1. The summed E-state index contributed by atoms with van der Waals surface area (Å²) in [7, 11) is 0. The molecule has 5 heteroatoms. The number of nitrogens with one attached hydrogen (secondary N) is 1. The molecule has 0 aliphatic carbocycles. The van der Waals surface area contributed by atoms with Crippen LogP contribution in [-0.2, 0) is 15.1 Å². The number of carboxylic acid groups (broad SMARTS) is 1. The highest BCUT2D eigenvalue weighted by Gasteiger charge is 2.38. The zero-order valence-electron chi connectivity index (χ0n) is 13.4. The molecule has 0 aliphatic rings. The maximum atomic E-state index is 11.9. The first-order chi connectivity index (χ1) is 9.44. The quantitative estimate of drug-likeness (QED) is 0.897. The van der Waals surface area contributed by atoms with Gasteiger partial charge in [-0.1, -0.05) is 29.3 Å². The van der Waals surface area contributed by atoms with Crippen molar-refractivity contribution in [3.05, 3.63) is 34.9 Å². The number of hydrogen-bond acceptors (Lipinski definition) is 3. The van der Waals surface area contributed by atoms with Crippen LogP contribution in [0.1, 0.15) is 44.4 Å². The van der Waals surface area contributed by atoms with E-state index < -0.39 is 23.2 Å². The molecule has 0 saturated heterocycles. The van der Waals surface area contributed by atoms with Crippen LogP contribution in [0.25, 0.3) is 0 Å². The zero-order valence-corrected chi connectivity index (χ0v) is 13.4. The number of carboxylic acids is 1. The molecule has 0 fully saturated rings. The SMILES string of the molecule is Cc1cc(C)cc(C(C)(NC(=O)OC(C)(C)C)C(=O)O)c1. The topological polar surface area (TPSA) is 75.6 Å². The average Bonchev–Trinajstić information content (AvgIpc) is 2.24. The molecule has 0 heterocycles. The highest BCUT2D eigenvalue weighted by Crippen LogP contribution is 2.24. The molecule has 5 nitrogen and oxygen atoms in total. The fourth-order valence-corrected chi connectivity index (χ4v) is 2.02. The summed E-state index contributed by atoms with van der Waals surface area (Å²) in [5.41, 5.74) is 0.149. The van der Waals surface area contributed by atoms with Crippen molar-refractivity contribution in [1.82, 2.24) is 5.32 Å². The van der Waals surface area contributed by atoms with Crippen LogP contribution < -0.4 is 5.32 Å². The smallest absolute Gasteiger partial charge is 0.408 e. The standard InChI is InChI=1S/C16H23NO4/c1-10-7-11(2)9-12(8-10)16(6,13(18)19)17-14(20)21-15(3,4)5/h7-9H,1-6H3,(H,17,20)(H,18,19). The molecule has 1 aromatic rings. The van der Waals surface area contributed by atoms with Gasteiger partial charge in [-0.05, 0) is 47.1 Å². The molecule has 116 valence electrons. The van der Waals surface area contributed by atoms with Crippen molar-refractivity contribution in [2.75, 3.05) is 0 Å². The second kappa shape index (κ2) is 5.76. The lowest BCUT2D eigenvalue weighted by atomic mass is 9.90. The van der Waals surface area contributed by atoms with Crippen molar-refractivity contribution in [2.45, 2.75) is 52.7 Å². The normalized spacial score (nSPS) is 14.2. The van der Waals surface area contributed by atoms with E-state index in [1.807, 2.05) is 19.9 Å². The van der Waals surface area contributed by atoms with E-state index in [9.17, 15) is 14.7 Å². The summed E-state index contributed by atoms with van der Waals surface area (Å²) in [5.74, 6) is -1.14. The van der Waals surface area contributed by atoms with Gasteiger partial charge in [0.15, 0.2) is 5.54 Å². The van der Waals surface area contributed by atoms with E-state index in [1.54, 1.807) is 32.9 Å². The second-order valence-electron chi connectivity index (χ2n) is 6.43. The molecule has 0 spiro atoms. The molecule has 0 bridgehead atoms. The van der Waals surface area contributed by atoms with Crippen molar-refractivity contribution in [3.63, 3.8) is 0 Å². The predicted molar refractivity (Wildman–Crippen MR) is 80.3 cm³/mol. The third-order valence-corrected chi connectivity index (χ3v) is 2.98. The Morgan fingerprint density at radius 3 is 1.90 bits per heavy atom. The largest absolute Gasteiger partial charge is 0.479 e. The van der Waals surface area contributed by atoms with Crippen molar-refractivity contribution < 1.29 is 19.4 Å². The van der Waals surface area contributed by atoms with Gasteiger partial charge in [0.2, 0.25) is 0 Å². The molecule has 1 rings (SSSR count). The lowest BCUT2D eigenvalue weighted by Crippen LogP contribution is -2.51. The number of carbonyl (C=O) groups excluding carboxylic acids is 1. The molecule has 1 atom stereocenters. The first kappa shape index (κ1) is 17.0. The summed E-state index contributed by atoms with van der Waals surface area (Å²) in [6.07, 6.45) is -0.758. The van der Waals surface area contributed by atoms with Crippen LogP contribution in [-0.4, -0.2) is 22.8 Å². The second-order valence-corrected chi connectivity index (χ2v) is 6.43. The Hall–Kier alpha value is -2.04. The molecule has 2 N–H and O–H groups in total. The minimum Gasteiger partial charge on any atom is -0.479 e. The van der Waals surface area contributed by atoms with Gasteiger partial charge in [0.05, 0.1) is 0 Å². The van der Waals surface area contributed by atoms with E-state index in [0.29, 0.717) is 5.56 Å². The van der Waals surface area contributed by atoms with Crippen LogP contribution in [0, 0.1) is 13.8 Å². The van der Waals surface area contributed by atoms with Gasteiger partial charge in [0.25, 0.3) is 0 Å². The van der Waals surface area contributed by atoms with Gasteiger partial charge in [0, 0.05) is 0 Å². The van der Waals surface area contributed by atoms with Gasteiger partial charge in [-0.2, -0.15) is 0 Å². The average molecular weight is 293 g/mol. The van der Waals surface area contributed by atoms with E-state index in [2.05, 4.69) is 5.32 Å². The molecule has 1 aromatic carbocycles. The number of aryl methyl sites for hydroxylation is 2. The summed E-state index contributed by atoms with van der Waals surface area (Å²) in [6, 6.07) is 5.44. The van der Waals surface area contributed by atoms with Gasteiger partial charge in [-0.15, -0.1) is 0 Å². The molecule has 0 radical (unpaired) electrons. The minimum atomic E-state index is -1.54. The highest BCUT2D eigenvalue weighted by atomic mass is 16.6. The van der Waals surface area contributed by atoms with E-state index in [-0.39, 0.29) is 0 Å². The van der Waals surface area contributed by atoms with Gasteiger partial charge in [-0.25, -0.2) is 9.59 Å². The molecule has 0 aliphatic heterocycles. The third-order valence-electron chi connectivity index (χ3n) is 2.98. The van der Waals surface area contributed by atoms with E-state index in [4.69, 9.17) is 4.74 Å². The van der Waals surface area contributed by atoms with Crippen molar-refractivity contribution in [3.8, 4) is 0 Å². The van der Waals surface area contributed by atoms with Crippen molar-refractivity contribution in [1.29, 1.82) is 0 Å². The molecular weight excluding hydrogens is 270 g/mol. The van der Waals surface area contributed by atoms with Crippen molar-refractivity contribution >= 4 is 12.1 Å². The lowest BCUT2D eigenvalue weighted by molar-refractivity contribution is -0.144. The van der Waals surface area contributed by atoms with Crippen LogP contribution in [0.3, 0.4) is 0 Å². The Balaban J connectivity index is 3.14. The highest BCUT2D eigenvalue weighted by molar-refractivity contribution is 5.85. The predicted octanol–water partition coefficient (Wildman–Crippen LogP) is 3.13. The molecule has 1 amide bonds. The number of benzene rings is 1. The number of amides is 1. The number of carbonyl (C=O) groups is 2. The Kier molecular flexibility index (Phi) is 4.66. The van der Waals surface area contributed by atoms with Crippen molar-refractivity contribution in [2.24, 2.45) is 0 Å². The number of aliphatic carboxylic acids is 1. The summed E-state index contributed by atoms with van der Waals surface area (Å²) < 4.78 is 5.15. The number of rotatable bonds is 3. The summed E-state index contributed by atoms with van der Waals surface area (Å²) in [5, 5.41) is 12.0. The lowest BCUT2D eigenvalue weighted by Gasteiger charge is -2.29. The number of ether oxygens (including phenoxy) is 1. The Bertz CT molecular complexity index is 540. The fraction of sp³-hybridized carbons (Fsp3) is 0.500. The van der Waals surface area contributed by atoms with Gasteiger partial charge < -0.3 is 15.2 Å². The van der Waals surface area contributed by atoms with Gasteiger partial charge >= 0.3 is 12.1 Å². The third kappa shape index (κ3) is 4.48. The maximum absolute atomic E-state index is 11.9. The molecular formula is C16H23NO4. The van der Waals surface area contributed by atoms with Gasteiger partial charge in [0.1, 0.15) is 5.60 Å². The van der Waals surface area contributed by atoms with Crippen LogP contribution in [0.15, 0.2) is 18.2 Å². The maximum Gasteiger partial charge on any atom is 0.408 e. The fourth-order valence-electron chi connectivity index (χ4n) is 2.02. The van der Waals surface area contributed by atoms with Gasteiger partial charge in [-0.3, -0.25) is 0 Å². The van der Waals surface area contributed by atoms with E-state index in [0.717, 1.165) is 11.1 Å². The van der Waals surface area contributed by atoms with Crippen LogP contribution >= 0.6 is 0 Å². The molecule has 21 heavy (non-hydrogen) atoms. The molecule has 0 aromatic heterocycles. The van der Waals surface area contributed by atoms with E-state index in [1.165, 1.54) is 6.92 Å². The minimum absolute atomic E-state index is 0.512. The molecule has 0 saturated carbocycles. The summed E-state index contributed by atoms with van der Waals surface area (Å²) >= 11 is 0. The Morgan fingerprint density at radius 2 is 1.52 bits per heavy atom. The van der Waals surface area contributed by atoms with Crippen LogP contribution in [0.2, 0.25) is 0 Å². The zero-order chi connectivity index (χ0) is 16.4. The number of hydrogen-bond donors (Lipinski definition) is 2. The van der Waals surface area contributed by atoms with Crippen LogP contribution in [0.5, 0.6) is 0 Å². The first-order valence-electron chi connectivity index (χ1n) is 6.77. The summed E-state index contributed by atoms with van der Waals surface area (Å²) in [4.78, 5) is 23.6. The first-order valence-corrected chi connectivity index (χ1v) is 6.77. The molecule has 1 unspecified atom stereocenters. The summed E-state index contributed by atoms with van der Waals surface area (Å²) in [6.45, 7) is 10.4. The van der Waals surface area contributed by atoms with E-state index >= 15 is 0 Å². The van der Waals surface area contributed by atoms with Crippen LogP contribution in [0.4, 0.5) is 4.79 Å². The monoisotopic (exact) mass is 293 g/mol. The Morgan fingerprint density at radius 1 is 1.05 bits per heavy atom.